The van der Waals surface area contributed by atoms with E-state index in [2.05, 4.69) is 22.2 Å². The highest BCUT2D eigenvalue weighted by molar-refractivity contribution is 5.81. The van der Waals surface area contributed by atoms with Crippen LogP contribution in [-0.2, 0) is 17.8 Å². The van der Waals surface area contributed by atoms with E-state index in [4.69, 9.17) is 5.73 Å². The van der Waals surface area contributed by atoms with Gasteiger partial charge in [-0.2, -0.15) is 4.98 Å². The Kier molecular flexibility index (Phi) is 3.94. The largest absolute Gasteiger partial charge is 0.370 e. The number of nitrogens with one attached hydrogen (secondary N) is 1. The highest BCUT2D eigenvalue weighted by atomic mass is 16.2. The first kappa shape index (κ1) is 14.1. The van der Waals surface area contributed by atoms with E-state index in [0.29, 0.717) is 6.54 Å². The summed E-state index contributed by atoms with van der Waals surface area (Å²) in [4.78, 5) is 22.8. The zero-order valence-electron chi connectivity index (χ0n) is 12.6. The van der Waals surface area contributed by atoms with Crippen LogP contribution in [0.5, 0.6) is 0 Å². The Bertz CT molecular complexity index is 541. The minimum absolute atomic E-state index is 0.257. The van der Waals surface area contributed by atoms with Crippen molar-refractivity contribution in [3.63, 3.8) is 0 Å². The molecule has 6 heteroatoms. The average Bonchev–Trinajstić information content (AvgIpc) is 3.30. The lowest BCUT2D eigenvalue weighted by atomic mass is 10.0. The number of hydrogen-bond acceptors (Lipinski definition) is 5. The van der Waals surface area contributed by atoms with E-state index in [9.17, 15) is 4.79 Å². The Labute approximate surface area is 125 Å². The van der Waals surface area contributed by atoms with Gasteiger partial charge in [0.2, 0.25) is 11.9 Å². The van der Waals surface area contributed by atoms with Gasteiger partial charge in [0.25, 0.3) is 0 Å². The molecule has 0 radical (unpaired) electrons. The van der Waals surface area contributed by atoms with Gasteiger partial charge in [-0.15, -0.1) is 0 Å². The van der Waals surface area contributed by atoms with Crippen LogP contribution in [0.25, 0.3) is 0 Å². The summed E-state index contributed by atoms with van der Waals surface area (Å²) in [6.45, 7) is 4.38. The van der Waals surface area contributed by atoms with Gasteiger partial charge in [0.05, 0.1) is 12.2 Å². The molecule has 3 N–H and O–H groups in total. The molecule has 1 aromatic rings. The Balaban J connectivity index is 1.76. The third-order valence-electron chi connectivity index (χ3n) is 4.14. The van der Waals surface area contributed by atoms with E-state index in [0.717, 1.165) is 62.3 Å². The summed E-state index contributed by atoms with van der Waals surface area (Å²) in [6.07, 6.45) is 5.13. The van der Waals surface area contributed by atoms with Crippen LogP contribution in [-0.4, -0.2) is 33.9 Å². The molecule has 114 valence electrons. The average molecular weight is 289 g/mol. The molecule has 6 nitrogen and oxygen atoms in total. The molecular weight excluding hydrogens is 266 g/mol. The second-order valence-electron chi connectivity index (χ2n) is 5.92. The van der Waals surface area contributed by atoms with E-state index in [1.165, 1.54) is 0 Å². The van der Waals surface area contributed by atoms with Crippen LogP contribution in [0.1, 0.15) is 43.9 Å². The number of carbonyl (C=O) groups is 1. The van der Waals surface area contributed by atoms with Crippen molar-refractivity contribution in [2.24, 2.45) is 5.92 Å². The number of fused-ring (bicyclic) bond motifs is 1. The number of carbonyl (C=O) groups excluding carboxylic acids is 1. The van der Waals surface area contributed by atoms with E-state index >= 15 is 0 Å². The molecule has 0 spiro atoms. The molecule has 2 aliphatic rings. The van der Waals surface area contributed by atoms with Crippen molar-refractivity contribution < 1.29 is 4.79 Å². The lowest BCUT2D eigenvalue weighted by Gasteiger charge is -2.29. The van der Waals surface area contributed by atoms with Crippen LogP contribution in [0.3, 0.4) is 0 Å². The van der Waals surface area contributed by atoms with Gasteiger partial charge in [-0.3, -0.25) is 4.79 Å². The van der Waals surface area contributed by atoms with Crippen LogP contribution in [0.2, 0.25) is 0 Å². The third kappa shape index (κ3) is 3.09. The molecule has 0 bridgehead atoms. The number of nitrogen functional groups attached to an aromatic ring is 1. The van der Waals surface area contributed by atoms with Crippen molar-refractivity contribution in [1.29, 1.82) is 0 Å². The normalized spacial score (nSPS) is 17.5. The number of unbranched alkanes of at least 4 members (excludes halogenated alkanes) is 1. The first-order valence-electron chi connectivity index (χ1n) is 7.87. The summed E-state index contributed by atoms with van der Waals surface area (Å²) in [6, 6.07) is 0. The van der Waals surface area contributed by atoms with Gasteiger partial charge < -0.3 is 16.0 Å². The minimum atomic E-state index is 0.257. The molecule has 1 aliphatic carbocycles. The first-order chi connectivity index (χ1) is 10.2. The lowest BCUT2D eigenvalue weighted by Crippen LogP contribution is -2.38. The van der Waals surface area contributed by atoms with Gasteiger partial charge in [0.15, 0.2) is 0 Å². The molecule has 1 aromatic heterocycles. The summed E-state index contributed by atoms with van der Waals surface area (Å²) in [5.74, 6) is 1.67. The number of rotatable bonds is 5. The molecular formula is C15H23N5O. The Morgan fingerprint density at radius 1 is 1.43 bits per heavy atom. The van der Waals surface area contributed by atoms with Crippen LogP contribution in [0.4, 0.5) is 11.8 Å². The molecule has 21 heavy (non-hydrogen) atoms. The number of nitrogens with two attached hydrogens (primary N) is 1. The molecule has 3 rings (SSSR count). The molecule has 0 aromatic carbocycles. The predicted molar refractivity (Wildman–Crippen MR) is 81.7 cm³/mol. The maximum absolute atomic E-state index is 12.2. The zero-order valence-corrected chi connectivity index (χ0v) is 12.6. The summed E-state index contributed by atoms with van der Waals surface area (Å²) in [7, 11) is 0. The fourth-order valence-corrected chi connectivity index (χ4v) is 2.76. The van der Waals surface area contributed by atoms with Gasteiger partial charge >= 0.3 is 0 Å². The van der Waals surface area contributed by atoms with Crippen molar-refractivity contribution >= 4 is 17.7 Å². The van der Waals surface area contributed by atoms with Crippen molar-refractivity contribution in [3.05, 3.63) is 11.3 Å². The Morgan fingerprint density at radius 3 is 2.95 bits per heavy atom. The molecule has 1 fully saturated rings. The number of anilines is 2. The van der Waals surface area contributed by atoms with Crippen LogP contribution >= 0.6 is 0 Å². The molecule has 0 atom stereocenters. The number of nitrogens with zero attached hydrogens (tertiary/aromatic N) is 3. The zero-order chi connectivity index (χ0) is 14.8. The number of amides is 1. The van der Waals surface area contributed by atoms with Crippen molar-refractivity contribution in [3.8, 4) is 0 Å². The van der Waals surface area contributed by atoms with Crippen LogP contribution in [0, 0.1) is 5.92 Å². The fraction of sp³-hybridized carbons (Fsp3) is 0.667. The maximum atomic E-state index is 12.2. The topological polar surface area (TPSA) is 84.1 Å². The molecule has 1 aliphatic heterocycles. The lowest BCUT2D eigenvalue weighted by molar-refractivity contribution is -0.133. The molecule has 2 heterocycles. The second kappa shape index (κ2) is 5.87. The fourth-order valence-electron chi connectivity index (χ4n) is 2.76. The van der Waals surface area contributed by atoms with Crippen molar-refractivity contribution in [1.82, 2.24) is 14.9 Å². The van der Waals surface area contributed by atoms with Gasteiger partial charge in [-0.05, 0) is 25.7 Å². The minimum Gasteiger partial charge on any atom is -0.370 e. The van der Waals surface area contributed by atoms with Gasteiger partial charge in [0, 0.05) is 24.6 Å². The number of hydrogen-bond donors (Lipinski definition) is 2. The Morgan fingerprint density at radius 2 is 2.24 bits per heavy atom. The standard InChI is InChI=1S/C15H23N5O/c1-2-3-7-17-13-11-6-8-20(14(21)10-4-5-10)9-12(11)18-15(16)19-13/h10H,2-9H2,1H3,(H3,16,17,18,19). The van der Waals surface area contributed by atoms with E-state index in [1.807, 2.05) is 4.90 Å². The Hall–Kier alpha value is -1.85. The SMILES string of the molecule is CCCCNc1nc(N)nc2c1CCN(C(=O)C1CC1)C2. The smallest absolute Gasteiger partial charge is 0.226 e. The van der Waals surface area contributed by atoms with E-state index in [1.54, 1.807) is 0 Å². The highest BCUT2D eigenvalue weighted by Crippen LogP contribution is 2.33. The highest BCUT2D eigenvalue weighted by Gasteiger charge is 2.35. The predicted octanol–water partition coefficient (Wildman–Crippen LogP) is 1.57. The molecule has 1 amide bonds. The maximum Gasteiger partial charge on any atom is 0.226 e. The summed E-state index contributed by atoms with van der Waals surface area (Å²) in [5.41, 5.74) is 7.84. The second-order valence-corrected chi connectivity index (χ2v) is 5.92. The van der Waals surface area contributed by atoms with Crippen LogP contribution in [0.15, 0.2) is 0 Å². The van der Waals surface area contributed by atoms with Crippen molar-refractivity contribution in [2.75, 3.05) is 24.1 Å². The molecule has 1 saturated carbocycles. The van der Waals surface area contributed by atoms with Gasteiger partial charge in [0.1, 0.15) is 5.82 Å². The summed E-state index contributed by atoms with van der Waals surface area (Å²) in [5, 5.41) is 3.36. The quantitative estimate of drug-likeness (QED) is 0.804. The third-order valence-corrected chi connectivity index (χ3v) is 4.14. The van der Waals surface area contributed by atoms with Crippen molar-refractivity contribution in [2.45, 2.75) is 45.6 Å². The monoisotopic (exact) mass is 289 g/mol. The van der Waals surface area contributed by atoms with Gasteiger partial charge in [-0.1, -0.05) is 13.3 Å². The van der Waals surface area contributed by atoms with Gasteiger partial charge in [-0.25, -0.2) is 4.98 Å². The summed E-state index contributed by atoms with van der Waals surface area (Å²) >= 11 is 0. The first-order valence-corrected chi connectivity index (χ1v) is 7.87. The van der Waals surface area contributed by atoms with Crippen LogP contribution < -0.4 is 11.1 Å². The molecule has 0 saturated heterocycles. The molecule has 0 unspecified atom stereocenters. The number of aromatic nitrogens is 2. The summed E-state index contributed by atoms with van der Waals surface area (Å²) < 4.78 is 0. The van der Waals surface area contributed by atoms with E-state index in [-0.39, 0.29) is 17.8 Å². The van der Waals surface area contributed by atoms with E-state index < -0.39 is 0 Å².